The Hall–Kier alpha value is -1.84. The lowest BCUT2D eigenvalue weighted by molar-refractivity contribution is -0.122. The van der Waals surface area contributed by atoms with Gasteiger partial charge in [-0.1, -0.05) is 32.9 Å². The molecule has 4 nitrogen and oxygen atoms in total. The van der Waals surface area contributed by atoms with Gasteiger partial charge < -0.3 is 10.2 Å². The average molecular weight is 302 g/mol. The van der Waals surface area contributed by atoms with Crippen LogP contribution in [0.3, 0.4) is 0 Å². The largest absolute Gasteiger partial charge is 0.356 e. The maximum atomic E-state index is 11.8. The van der Waals surface area contributed by atoms with Gasteiger partial charge >= 0.3 is 0 Å². The van der Waals surface area contributed by atoms with Crippen molar-refractivity contribution in [2.24, 2.45) is 5.41 Å². The molecular formula is C18H26N2O2. The second-order valence-electron chi connectivity index (χ2n) is 7.25. The molecule has 1 aromatic carbocycles. The lowest BCUT2D eigenvalue weighted by atomic mass is 9.92. The number of fused-ring (bicyclic) bond motifs is 1. The van der Waals surface area contributed by atoms with Crippen LogP contribution in [0.5, 0.6) is 0 Å². The minimum Gasteiger partial charge on any atom is -0.356 e. The van der Waals surface area contributed by atoms with Crippen LogP contribution in [-0.4, -0.2) is 25.4 Å². The summed E-state index contributed by atoms with van der Waals surface area (Å²) in [5.74, 6) is 0.283. The van der Waals surface area contributed by atoms with Crippen LogP contribution in [0.1, 0.15) is 44.7 Å². The van der Waals surface area contributed by atoms with Crippen LogP contribution < -0.4 is 10.2 Å². The fraction of sp³-hybridized carbons (Fsp3) is 0.556. The van der Waals surface area contributed by atoms with Crippen molar-refractivity contribution in [1.29, 1.82) is 0 Å². The van der Waals surface area contributed by atoms with E-state index >= 15 is 0 Å². The number of nitrogens with one attached hydrogen (secondary N) is 1. The zero-order valence-electron chi connectivity index (χ0n) is 14.0. The molecule has 0 spiro atoms. The first-order valence-electron chi connectivity index (χ1n) is 7.91. The van der Waals surface area contributed by atoms with Crippen LogP contribution in [0.4, 0.5) is 5.69 Å². The number of aryl methyl sites for hydroxylation is 1. The van der Waals surface area contributed by atoms with Gasteiger partial charge in [0.1, 0.15) is 0 Å². The van der Waals surface area contributed by atoms with E-state index in [-0.39, 0.29) is 17.2 Å². The second-order valence-corrected chi connectivity index (χ2v) is 7.25. The zero-order valence-corrected chi connectivity index (χ0v) is 14.0. The molecule has 0 radical (unpaired) electrons. The molecule has 1 aromatic rings. The van der Waals surface area contributed by atoms with Crippen LogP contribution in [0, 0.1) is 5.41 Å². The highest BCUT2D eigenvalue weighted by Crippen LogP contribution is 2.27. The lowest BCUT2D eigenvalue weighted by Gasteiger charge is -2.26. The maximum Gasteiger partial charge on any atom is 0.227 e. The van der Waals surface area contributed by atoms with Gasteiger partial charge in [0, 0.05) is 32.1 Å². The molecular weight excluding hydrogens is 276 g/mol. The number of carbonyl (C=O) groups is 2. The van der Waals surface area contributed by atoms with E-state index in [1.54, 1.807) is 4.90 Å². The summed E-state index contributed by atoms with van der Waals surface area (Å²) in [6.45, 7) is 6.85. The zero-order chi connectivity index (χ0) is 16.3. The van der Waals surface area contributed by atoms with Crippen LogP contribution in [-0.2, 0) is 22.4 Å². The van der Waals surface area contributed by atoms with E-state index in [0.29, 0.717) is 19.4 Å². The summed E-state index contributed by atoms with van der Waals surface area (Å²) < 4.78 is 0. The molecule has 0 aromatic heterocycles. The van der Waals surface area contributed by atoms with Gasteiger partial charge in [-0.25, -0.2) is 0 Å². The number of benzene rings is 1. The Labute approximate surface area is 132 Å². The van der Waals surface area contributed by atoms with E-state index in [0.717, 1.165) is 18.5 Å². The van der Waals surface area contributed by atoms with Crippen molar-refractivity contribution in [3.05, 3.63) is 29.3 Å². The number of hydrogen-bond acceptors (Lipinski definition) is 2. The third-order valence-corrected chi connectivity index (χ3v) is 3.91. The van der Waals surface area contributed by atoms with Gasteiger partial charge in [0.05, 0.1) is 0 Å². The highest BCUT2D eigenvalue weighted by molar-refractivity contribution is 5.95. The molecule has 2 rings (SSSR count). The topological polar surface area (TPSA) is 49.4 Å². The number of nitrogens with zero attached hydrogens (tertiary/aromatic N) is 1. The van der Waals surface area contributed by atoms with Gasteiger partial charge in [-0.15, -0.1) is 0 Å². The Morgan fingerprint density at radius 2 is 2.00 bits per heavy atom. The Kier molecular flexibility index (Phi) is 4.89. The van der Waals surface area contributed by atoms with E-state index in [1.807, 2.05) is 19.2 Å². The molecule has 1 heterocycles. The molecule has 0 atom stereocenters. The van der Waals surface area contributed by atoms with Crippen LogP contribution in [0.25, 0.3) is 0 Å². The second kappa shape index (κ2) is 6.51. The average Bonchev–Trinajstić information content (AvgIpc) is 2.41. The van der Waals surface area contributed by atoms with Crippen LogP contribution in [0.2, 0.25) is 0 Å². The number of hydrogen-bond donors (Lipinski definition) is 1. The molecule has 1 aliphatic heterocycles. The quantitative estimate of drug-likeness (QED) is 0.929. The minimum absolute atomic E-state index is 0.0209. The molecule has 120 valence electrons. The van der Waals surface area contributed by atoms with Crippen molar-refractivity contribution in [2.45, 2.75) is 46.5 Å². The molecule has 1 aliphatic rings. The predicted octanol–water partition coefficient (Wildman–Crippen LogP) is 2.69. The molecule has 0 aliphatic carbocycles. The Balaban J connectivity index is 1.90. The van der Waals surface area contributed by atoms with E-state index < -0.39 is 0 Å². The summed E-state index contributed by atoms with van der Waals surface area (Å²) in [5, 5.41) is 2.98. The molecule has 0 bridgehead atoms. The monoisotopic (exact) mass is 302 g/mol. The first-order chi connectivity index (χ1) is 10.3. The predicted molar refractivity (Wildman–Crippen MR) is 89.0 cm³/mol. The van der Waals surface area contributed by atoms with Crippen molar-refractivity contribution < 1.29 is 9.59 Å². The van der Waals surface area contributed by atoms with Gasteiger partial charge in [-0.2, -0.15) is 0 Å². The molecule has 0 fully saturated rings. The number of amides is 2. The fourth-order valence-electron chi connectivity index (χ4n) is 2.76. The van der Waals surface area contributed by atoms with Crippen LogP contribution >= 0.6 is 0 Å². The SMILES string of the molecule is CN1C(=O)CCc2cc(CCNC(=O)CC(C)(C)C)ccc21. The van der Waals surface area contributed by atoms with Gasteiger partial charge in [0.2, 0.25) is 11.8 Å². The molecule has 0 saturated carbocycles. The number of carbonyl (C=O) groups excluding carboxylic acids is 2. The summed E-state index contributed by atoms with van der Waals surface area (Å²) in [5.41, 5.74) is 3.46. The van der Waals surface area contributed by atoms with Crippen molar-refractivity contribution in [3.63, 3.8) is 0 Å². The third-order valence-electron chi connectivity index (χ3n) is 3.91. The van der Waals surface area contributed by atoms with Crippen molar-refractivity contribution in [1.82, 2.24) is 5.32 Å². The molecule has 2 amide bonds. The van der Waals surface area contributed by atoms with E-state index in [1.165, 1.54) is 11.1 Å². The normalized spacial score (nSPS) is 14.7. The van der Waals surface area contributed by atoms with Crippen LogP contribution in [0.15, 0.2) is 18.2 Å². The highest BCUT2D eigenvalue weighted by Gasteiger charge is 2.20. The molecule has 22 heavy (non-hydrogen) atoms. The summed E-state index contributed by atoms with van der Waals surface area (Å²) >= 11 is 0. The minimum atomic E-state index is 0.0209. The van der Waals surface area contributed by atoms with E-state index in [4.69, 9.17) is 0 Å². The molecule has 0 unspecified atom stereocenters. The number of rotatable bonds is 4. The van der Waals surface area contributed by atoms with E-state index in [2.05, 4.69) is 32.2 Å². The summed E-state index contributed by atoms with van der Waals surface area (Å²) in [6, 6.07) is 6.22. The Bertz CT molecular complexity index is 573. The molecule has 0 saturated heterocycles. The lowest BCUT2D eigenvalue weighted by Crippen LogP contribution is -2.31. The number of anilines is 1. The summed E-state index contributed by atoms with van der Waals surface area (Å²) in [4.78, 5) is 25.2. The van der Waals surface area contributed by atoms with Crippen molar-refractivity contribution >= 4 is 17.5 Å². The summed E-state index contributed by atoms with van der Waals surface area (Å²) in [7, 11) is 1.83. The van der Waals surface area contributed by atoms with Crippen molar-refractivity contribution in [3.8, 4) is 0 Å². The standard InChI is InChI=1S/C18H26N2O2/c1-18(2,3)12-16(21)19-10-9-13-5-7-15-14(11-13)6-8-17(22)20(15)4/h5,7,11H,6,8-10,12H2,1-4H3,(H,19,21). The van der Waals surface area contributed by atoms with Gasteiger partial charge in [0.15, 0.2) is 0 Å². The highest BCUT2D eigenvalue weighted by atomic mass is 16.2. The van der Waals surface area contributed by atoms with Crippen molar-refractivity contribution in [2.75, 3.05) is 18.5 Å². The Morgan fingerprint density at radius 3 is 2.68 bits per heavy atom. The fourth-order valence-corrected chi connectivity index (χ4v) is 2.76. The van der Waals surface area contributed by atoms with Gasteiger partial charge in [0.25, 0.3) is 0 Å². The Morgan fingerprint density at radius 1 is 1.27 bits per heavy atom. The maximum absolute atomic E-state index is 11.8. The third kappa shape index (κ3) is 4.33. The van der Waals surface area contributed by atoms with Gasteiger partial charge in [-0.05, 0) is 35.4 Å². The smallest absolute Gasteiger partial charge is 0.227 e. The molecule has 1 N–H and O–H groups in total. The van der Waals surface area contributed by atoms with Gasteiger partial charge in [-0.3, -0.25) is 9.59 Å². The summed E-state index contributed by atoms with van der Waals surface area (Å²) in [6.07, 6.45) is 2.75. The van der Waals surface area contributed by atoms with E-state index in [9.17, 15) is 9.59 Å². The first-order valence-corrected chi connectivity index (χ1v) is 7.91. The molecule has 4 heteroatoms. The first kappa shape index (κ1) is 16.5.